The number of carbonyl (C=O) groups is 3. The SMILES string of the molecule is CN1C(=O)CN(S(C)(=O)=O)C[C@]1(C)C(=O)NCC(=O)NCc1cccc(F)c1. The van der Waals surface area contributed by atoms with Gasteiger partial charge in [0, 0.05) is 20.1 Å². The summed E-state index contributed by atoms with van der Waals surface area (Å²) in [5, 5.41) is 4.97. The van der Waals surface area contributed by atoms with Crippen molar-refractivity contribution in [1.29, 1.82) is 0 Å². The van der Waals surface area contributed by atoms with Crippen LogP contribution in [0.3, 0.4) is 0 Å². The first-order valence-electron chi connectivity index (χ1n) is 8.45. The van der Waals surface area contributed by atoms with Crippen LogP contribution in [0.4, 0.5) is 4.39 Å². The first-order chi connectivity index (χ1) is 12.9. The third-order valence-electron chi connectivity index (χ3n) is 4.66. The number of nitrogens with one attached hydrogen (secondary N) is 2. The number of amides is 3. The molecule has 1 fully saturated rings. The van der Waals surface area contributed by atoms with Crippen LogP contribution >= 0.6 is 0 Å². The minimum Gasteiger partial charge on any atom is -0.350 e. The lowest BCUT2D eigenvalue weighted by Gasteiger charge is -2.44. The van der Waals surface area contributed by atoms with Crippen molar-refractivity contribution in [3.63, 3.8) is 0 Å². The van der Waals surface area contributed by atoms with Gasteiger partial charge in [0.15, 0.2) is 0 Å². The van der Waals surface area contributed by atoms with Crippen LogP contribution in [-0.4, -0.2) is 73.8 Å². The molecule has 0 spiro atoms. The molecular formula is C17H23FN4O5S. The van der Waals surface area contributed by atoms with Gasteiger partial charge in [-0.1, -0.05) is 12.1 Å². The normalized spacial score (nSPS) is 20.7. The lowest BCUT2D eigenvalue weighted by Crippen LogP contribution is -2.68. The van der Waals surface area contributed by atoms with Crippen LogP contribution in [0.5, 0.6) is 0 Å². The van der Waals surface area contributed by atoms with Crippen molar-refractivity contribution in [2.75, 3.05) is 32.9 Å². The molecule has 154 valence electrons. The molecule has 1 aliphatic heterocycles. The zero-order valence-electron chi connectivity index (χ0n) is 15.9. The Hall–Kier alpha value is -2.53. The summed E-state index contributed by atoms with van der Waals surface area (Å²) in [6.45, 7) is 0.591. The highest BCUT2D eigenvalue weighted by molar-refractivity contribution is 7.88. The van der Waals surface area contributed by atoms with E-state index in [1.54, 1.807) is 6.07 Å². The Balaban J connectivity index is 1.96. The summed E-state index contributed by atoms with van der Waals surface area (Å²) < 4.78 is 37.6. The third kappa shape index (κ3) is 5.04. The number of rotatable bonds is 6. The van der Waals surface area contributed by atoms with E-state index in [0.29, 0.717) is 5.56 Å². The van der Waals surface area contributed by atoms with Crippen molar-refractivity contribution in [2.24, 2.45) is 0 Å². The van der Waals surface area contributed by atoms with Gasteiger partial charge in [-0.2, -0.15) is 4.31 Å². The van der Waals surface area contributed by atoms with Crippen LogP contribution in [0, 0.1) is 5.82 Å². The van der Waals surface area contributed by atoms with E-state index in [1.807, 2.05) is 0 Å². The van der Waals surface area contributed by atoms with Crippen LogP contribution in [0.2, 0.25) is 0 Å². The predicted molar refractivity (Wildman–Crippen MR) is 98.8 cm³/mol. The molecule has 1 heterocycles. The number of sulfonamides is 1. The minimum atomic E-state index is -3.66. The zero-order chi connectivity index (χ0) is 21.1. The Morgan fingerprint density at radius 1 is 1.29 bits per heavy atom. The van der Waals surface area contributed by atoms with Crippen LogP contribution in [0.25, 0.3) is 0 Å². The number of halogens is 1. The van der Waals surface area contributed by atoms with E-state index in [2.05, 4.69) is 10.6 Å². The van der Waals surface area contributed by atoms with Crippen molar-refractivity contribution in [1.82, 2.24) is 19.8 Å². The Morgan fingerprint density at radius 3 is 2.57 bits per heavy atom. The first-order valence-corrected chi connectivity index (χ1v) is 10.3. The monoisotopic (exact) mass is 414 g/mol. The molecule has 28 heavy (non-hydrogen) atoms. The van der Waals surface area contributed by atoms with Crippen LogP contribution in [-0.2, 0) is 31.0 Å². The molecule has 1 aromatic carbocycles. The molecule has 0 bridgehead atoms. The lowest BCUT2D eigenvalue weighted by atomic mass is 9.96. The Kier molecular flexibility index (Phi) is 6.40. The molecule has 0 unspecified atom stereocenters. The molecule has 1 saturated heterocycles. The Bertz CT molecular complexity index is 891. The van der Waals surface area contributed by atoms with Crippen molar-refractivity contribution >= 4 is 27.7 Å². The van der Waals surface area contributed by atoms with E-state index in [-0.39, 0.29) is 26.2 Å². The largest absolute Gasteiger partial charge is 0.350 e. The molecule has 1 aliphatic rings. The van der Waals surface area contributed by atoms with E-state index in [9.17, 15) is 27.2 Å². The number of hydrogen-bond acceptors (Lipinski definition) is 5. The molecule has 0 radical (unpaired) electrons. The summed E-state index contributed by atoms with van der Waals surface area (Å²) >= 11 is 0. The molecular weight excluding hydrogens is 391 g/mol. The molecule has 0 aromatic heterocycles. The van der Waals surface area contributed by atoms with Crippen LogP contribution in [0.15, 0.2) is 24.3 Å². The minimum absolute atomic E-state index is 0.0873. The van der Waals surface area contributed by atoms with Gasteiger partial charge in [0.1, 0.15) is 11.4 Å². The summed E-state index contributed by atoms with van der Waals surface area (Å²) in [5.41, 5.74) is -0.894. The van der Waals surface area contributed by atoms with Gasteiger partial charge < -0.3 is 15.5 Å². The van der Waals surface area contributed by atoms with E-state index < -0.39 is 39.1 Å². The molecule has 1 atom stereocenters. The second-order valence-electron chi connectivity index (χ2n) is 6.85. The van der Waals surface area contributed by atoms with Gasteiger partial charge in [0.2, 0.25) is 27.7 Å². The number of benzene rings is 1. The standard InChI is InChI=1S/C17H23FN4O5S/c1-17(11-22(28(3,26)27)10-15(24)21(17)2)16(25)20-9-14(23)19-8-12-5-4-6-13(18)7-12/h4-7H,8-11H2,1-3H3,(H,19,23)(H,20,25)/t17-/m1/s1. The van der Waals surface area contributed by atoms with E-state index in [0.717, 1.165) is 10.6 Å². The summed E-state index contributed by atoms with van der Waals surface area (Å²) in [6, 6.07) is 5.73. The predicted octanol–water partition coefficient (Wildman–Crippen LogP) is -0.950. The lowest BCUT2D eigenvalue weighted by molar-refractivity contribution is -0.150. The average Bonchev–Trinajstić information content (AvgIpc) is 2.61. The van der Waals surface area contributed by atoms with Gasteiger partial charge in [0.25, 0.3) is 0 Å². The quantitative estimate of drug-likeness (QED) is 0.623. The molecule has 0 aliphatic carbocycles. The average molecular weight is 414 g/mol. The van der Waals surface area contributed by atoms with Gasteiger partial charge in [0.05, 0.1) is 19.3 Å². The molecule has 2 N–H and O–H groups in total. The zero-order valence-corrected chi connectivity index (χ0v) is 16.7. The second kappa shape index (κ2) is 8.23. The van der Waals surface area contributed by atoms with Crippen molar-refractivity contribution in [2.45, 2.75) is 19.0 Å². The number of hydrogen-bond donors (Lipinski definition) is 2. The maximum absolute atomic E-state index is 13.1. The first kappa shape index (κ1) is 21.8. The fourth-order valence-electron chi connectivity index (χ4n) is 2.76. The van der Waals surface area contributed by atoms with Crippen molar-refractivity contribution < 1.29 is 27.2 Å². The number of piperazine rings is 1. The van der Waals surface area contributed by atoms with Crippen LogP contribution < -0.4 is 10.6 Å². The molecule has 9 nitrogen and oxygen atoms in total. The third-order valence-corrected chi connectivity index (χ3v) is 5.85. The smallest absolute Gasteiger partial charge is 0.247 e. The van der Waals surface area contributed by atoms with E-state index in [1.165, 1.54) is 37.1 Å². The molecule has 0 saturated carbocycles. The topological polar surface area (TPSA) is 116 Å². The Labute approximate surface area is 162 Å². The van der Waals surface area contributed by atoms with E-state index in [4.69, 9.17) is 0 Å². The van der Waals surface area contributed by atoms with Gasteiger partial charge in [-0.05, 0) is 24.6 Å². The summed E-state index contributed by atoms with van der Waals surface area (Å²) in [5.74, 6) is -2.11. The summed E-state index contributed by atoms with van der Waals surface area (Å²) in [6.07, 6.45) is 0.962. The molecule has 11 heteroatoms. The number of likely N-dealkylation sites (N-methyl/N-ethyl adjacent to an activating group) is 1. The molecule has 2 rings (SSSR count). The van der Waals surface area contributed by atoms with Gasteiger partial charge in [-0.15, -0.1) is 0 Å². The fraction of sp³-hybridized carbons (Fsp3) is 0.471. The maximum Gasteiger partial charge on any atom is 0.247 e. The highest BCUT2D eigenvalue weighted by Gasteiger charge is 2.47. The highest BCUT2D eigenvalue weighted by Crippen LogP contribution is 2.22. The fourth-order valence-corrected chi connectivity index (χ4v) is 3.59. The Morgan fingerprint density at radius 2 is 1.96 bits per heavy atom. The number of carbonyl (C=O) groups excluding carboxylic acids is 3. The molecule has 1 aromatic rings. The van der Waals surface area contributed by atoms with Crippen molar-refractivity contribution in [3.05, 3.63) is 35.6 Å². The van der Waals surface area contributed by atoms with Gasteiger partial charge in [-0.25, -0.2) is 12.8 Å². The summed E-state index contributed by atoms with van der Waals surface area (Å²) in [7, 11) is -2.26. The van der Waals surface area contributed by atoms with E-state index >= 15 is 0 Å². The maximum atomic E-state index is 13.1. The molecule has 3 amide bonds. The van der Waals surface area contributed by atoms with Crippen LogP contribution in [0.1, 0.15) is 12.5 Å². The van der Waals surface area contributed by atoms with Gasteiger partial charge in [-0.3, -0.25) is 14.4 Å². The highest BCUT2D eigenvalue weighted by atomic mass is 32.2. The van der Waals surface area contributed by atoms with Crippen molar-refractivity contribution in [3.8, 4) is 0 Å². The second-order valence-corrected chi connectivity index (χ2v) is 8.83. The van der Waals surface area contributed by atoms with Gasteiger partial charge >= 0.3 is 0 Å². The number of nitrogens with zero attached hydrogens (tertiary/aromatic N) is 2. The summed E-state index contributed by atoms with van der Waals surface area (Å²) in [4.78, 5) is 37.9.